The molecule has 0 aromatic carbocycles. The van der Waals surface area contributed by atoms with Crippen LogP contribution in [-0.4, -0.2) is 12.6 Å². The molecule has 0 aromatic rings. The quantitative estimate of drug-likeness (QED) is 0.591. The predicted molar refractivity (Wildman–Crippen MR) is 41.1 cm³/mol. The van der Waals surface area contributed by atoms with Crippen LogP contribution in [-0.2, 0) is 0 Å². The van der Waals surface area contributed by atoms with Crippen molar-refractivity contribution < 1.29 is 0 Å². The zero-order valence-corrected chi connectivity index (χ0v) is 6.65. The lowest BCUT2D eigenvalue weighted by molar-refractivity contribution is 0.282. The highest BCUT2D eigenvalue weighted by Crippen LogP contribution is 2.22. The van der Waals surface area contributed by atoms with Gasteiger partial charge in [0.25, 0.3) is 0 Å². The molecule has 1 unspecified atom stereocenters. The Morgan fingerprint density at radius 3 is 2.00 bits per heavy atom. The maximum atomic E-state index is 5.70. The third-order valence-corrected chi connectivity index (χ3v) is 2.02. The van der Waals surface area contributed by atoms with Crippen LogP contribution in [0.4, 0.5) is 0 Å². The van der Waals surface area contributed by atoms with E-state index < -0.39 is 0 Å². The van der Waals surface area contributed by atoms with E-state index in [4.69, 9.17) is 11.5 Å². The summed E-state index contributed by atoms with van der Waals surface area (Å²) >= 11 is 0. The molecule has 0 spiro atoms. The molecule has 0 aliphatic rings. The molecule has 0 saturated heterocycles. The van der Waals surface area contributed by atoms with Gasteiger partial charge < -0.3 is 11.5 Å². The molecule has 0 saturated carbocycles. The average molecular weight is 130 g/mol. The molecular weight excluding hydrogens is 112 g/mol. The summed E-state index contributed by atoms with van der Waals surface area (Å²) in [6.07, 6.45) is 1.00. The Kier molecular flexibility index (Phi) is 3.15. The molecule has 0 fully saturated rings. The molecule has 0 heterocycles. The molecule has 0 radical (unpaired) electrons. The van der Waals surface area contributed by atoms with E-state index in [1.165, 1.54) is 0 Å². The Bertz CT molecular complexity index is 77.0. The van der Waals surface area contributed by atoms with Crippen LogP contribution in [0.1, 0.15) is 27.2 Å². The van der Waals surface area contributed by atoms with Gasteiger partial charge in [-0.3, -0.25) is 0 Å². The minimum atomic E-state index is 0.203. The van der Waals surface area contributed by atoms with Crippen molar-refractivity contribution in [1.29, 1.82) is 0 Å². The Morgan fingerprint density at radius 2 is 1.89 bits per heavy atom. The van der Waals surface area contributed by atoms with Crippen LogP contribution in [0.2, 0.25) is 0 Å². The van der Waals surface area contributed by atoms with E-state index in [1.807, 2.05) is 6.92 Å². The molecule has 1 atom stereocenters. The normalized spacial score (nSPS) is 15.7. The highest BCUT2D eigenvalue weighted by atomic mass is 14.7. The van der Waals surface area contributed by atoms with Gasteiger partial charge in [0.05, 0.1) is 0 Å². The summed E-state index contributed by atoms with van der Waals surface area (Å²) in [5.74, 6) is 0. The average Bonchev–Trinajstić information content (AvgIpc) is 1.65. The fraction of sp³-hybridized carbons (Fsp3) is 1.00. The van der Waals surface area contributed by atoms with Gasteiger partial charge in [-0.1, -0.05) is 13.8 Å². The topological polar surface area (TPSA) is 52.0 Å². The summed E-state index contributed by atoms with van der Waals surface area (Å²) in [4.78, 5) is 0. The number of rotatable bonds is 3. The molecule has 0 aliphatic heterocycles. The Hall–Kier alpha value is -0.0800. The standard InChI is InChI=1S/C7H18N2/c1-6(9)7(2,3)4-5-8/h6H,4-5,8-9H2,1-3H3. The number of nitrogens with two attached hydrogens (primary N) is 2. The second kappa shape index (κ2) is 3.18. The smallest absolute Gasteiger partial charge is 0.00622 e. The van der Waals surface area contributed by atoms with E-state index in [9.17, 15) is 0 Å². The van der Waals surface area contributed by atoms with E-state index >= 15 is 0 Å². The SMILES string of the molecule is CC(N)C(C)(C)CCN. The minimum absolute atomic E-state index is 0.203. The van der Waals surface area contributed by atoms with Crippen molar-refractivity contribution in [2.45, 2.75) is 33.2 Å². The first-order valence-corrected chi connectivity index (χ1v) is 3.46. The van der Waals surface area contributed by atoms with E-state index in [0.717, 1.165) is 13.0 Å². The molecule has 56 valence electrons. The van der Waals surface area contributed by atoms with Crippen molar-refractivity contribution >= 4 is 0 Å². The molecule has 0 aromatic heterocycles. The first kappa shape index (κ1) is 8.92. The maximum Gasteiger partial charge on any atom is 0.00622 e. The predicted octanol–water partition coefficient (Wildman–Crippen LogP) is 0.709. The molecule has 0 aliphatic carbocycles. The third kappa shape index (κ3) is 2.82. The van der Waals surface area contributed by atoms with Crippen molar-refractivity contribution in [2.75, 3.05) is 6.54 Å². The molecule has 2 heteroatoms. The van der Waals surface area contributed by atoms with Crippen LogP contribution in [0, 0.1) is 5.41 Å². The lowest BCUT2D eigenvalue weighted by Gasteiger charge is -2.28. The van der Waals surface area contributed by atoms with Crippen LogP contribution in [0.3, 0.4) is 0 Å². The second-order valence-corrected chi connectivity index (χ2v) is 3.32. The van der Waals surface area contributed by atoms with Crippen molar-refractivity contribution in [2.24, 2.45) is 16.9 Å². The summed E-state index contributed by atoms with van der Waals surface area (Å²) in [5, 5.41) is 0. The molecule has 9 heavy (non-hydrogen) atoms. The molecule has 0 amide bonds. The van der Waals surface area contributed by atoms with Gasteiger partial charge in [0.1, 0.15) is 0 Å². The van der Waals surface area contributed by atoms with E-state index in [0.29, 0.717) is 0 Å². The van der Waals surface area contributed by atoms with Gasteiger partial charge in [-0.2, -0.15) is 0 Å². The van der Waals surface area contributed by atoms with Crippen molar-refractivity contribution in [3.8, 4) is 0 Å². The maximum absolute atomic E-state index is 5.70. The lowest BCUT2D eigenvalue weighted by atomic mass is 9.83. The minimum Gasteiger partial charge on any atom is -0.330 e. The van der Waals surface area contributed by atoms with Crippen LogP contribution >= 0.6 is 0 Å². The van der Waals surface area contributed by atoms with Gasteiger partial charge >= 0.3 is 0 Å². The monoisotopic (exact) mass is 130 g/mol. The van der Waals surface area contributed by atoms with E-state index in [1.54, 1.807) is 0 Å². The molecular formula is C7H18N2. The zero-order valence-electron chi connectivity index (χ0n) is 6.65. The van der Waals surface area contributed by atoms with Crippen LogP contribution in [0.25, 0.3) is 0 Å². The van der Waals surface area contributed by atoms with Gasteiger partial charge in [-0.25, -0.2) is 0 Å². The van der Waals surface area contributed by atoms with Gasteiger partial charge in [-0.05, 0) is 25.3 Å². The summed E-state index contributed by atoms with van der Waals surface area (Å²) in [5.41, 5.74) is 11.3. The number of hydrogen-bond acceptors (Lipinski definition) is 2. The largest absolute Gasteiger partial charge is 0.330 e. The number of hydrogen-bond donors (Lipinski definition) is 2. The molecule has 2 nitrogen and oxygen atoms in total. The second-order valence-electron chi connectivity index (χ2n) is 3.32. The highest BCUT2D eigenvalue weighted by Gasteiger charge is 2.20. The fourth-order valence-corrected chi connectivity index (χ4v) is 0.600. The van der Waals surface area contributed by atoms with Gasteiger partial charge in [0, 0.05) is 6.04 Å². The molecule has 0 bridgehead atoms. The summed E-state index contributed by atoms with van der Waals surface area (Å²) in [6, 6.07) is 0.237. The fourth-order valence-electron chi connectivity index (χ4n) is 0.600. The van der Waals surface area contributed by atoms with Gasteiger partial charge in [0.2, 0.25) is 0 Å². The van der Waals surface area contributed by atoms with Gasteiger partial charge in [-0.15, -0.1) is 0 Å². The zero-order chi connectivity index (χ0) is 7.49. The molecule has 0 rings (SSSR count). The van der Waals surface area contributed by atoms with Crippen molar-refractivity contribution in [1.82, 2.24) is 0 Å². The first-order valence-electron chi connectivity index (χ1n) is 3.46. The van der Waals surface area contributed by atoms with Gasteiger partial charge in [0.15, 0.2) is 0 Å². The lowest BCUT2D eigenvalue weighted by Crippen LogP contribution is -2.35. The summed E-state index contributed by atoms with van der Waals surface area (Å²) in [7, 11) is 0. The summed E-state index contributed by atoms with van der Waals surface area (Å²) < 4.78 is 0. The Morgan fingerprint density at radius 1 is 1.44 bits per heavy atom. The van der Waals surface area contributed by atoms with Crippen LogP contribution < -0.4 is 11.5 Å². The Labute approximate surface area is 57.6 Å². The van der Waals surface area contributed by atoms with E-state index in [-0.39, 0.29) is 11.5 Å². The van der Waals surface area contributed by atoms with Crippen molar-refractivity contribution in [3.05, 3.63) is 0 Å². The van der Waals surface area contributed by atoms with Crippen molar-refractivity contribution in [3.63, 3.8) is 0 Å². The Balaban J connectivity index is 3.70. The van der Waals surface area contributed by atoms with Crippen LogP contribution in [0.15, 0.2) is 0 Å². The summed E-state index contributed by atoms with van der Waals surface area (Å²) in [6.45, 7) is 7.04. The first-order chi connectivity index (χ1) is 4.00. The third-order valence-electron chi connectivity index (χ3n) is 2.02. The van der Waals surface area contributed by atoms with E-state index in [2.05, 4.69) is 13.8 Å². The van der Waals surface area contributed by atoms with Crippen LogP contribution in [0.5, 0.6) is 0 Å². The highest BCUT2D eigenvalue weighted by molar-refractivity contribution is 4.77. The molecule has 4 N–H and O–H groups in total.